The van der Waals surface area contributed by atoms with Crippen molar-refractivity contribution < 1.29 is 27.1 Å². The molecule has 1 aliphatic rings. The van der Waals surface area contributed by atoms with E-state index in [-0.39, 0.29) is 5.78 Å². The molecule has 0 unspecified atom stereocenters. The Bertz CT molecular complexity index is 526. The molecule has 0 aromatic heterocycles. The van der Waals surface area contributed by atoms with Crippen LogP contribution in [0.3, 0.4) is 0 Å². The normalized spacial score (nSPS) is 14.3. The molecule has 0 fully saturated rings. The molecule has 7 heteroatoms. The van der Waals surface area contributed by atoms with Crippen LogP contribution in [0.15, 0.2) is 18.2 Å². The van der Waals surface area contributed by atoms with Crippen LogP contribution in [-0.2, 0) is 16.8 Å². The number of methoxy groups -OCH3 is 1. The predicted octanol–water partition coefficient (Wildman–Crippen LogP) is 1.56. The lowest BCUT2D eigenvalue weighted by molar-refractivity contribution is 0.0972. The molecule has 6 nitrogen and oxygen atoms in total. The minimum Gasteiger partial charge on any atom is -0.497 e. The Hall–Kier alpha value is -1.44. The average Bonchev–Trinajstić information content (AvgIpc) is 2.26. The molecule has 1 aromatic rings. The van der Waals surface area contributed by atoms with E-state index in [9.17, 15) is 4.79 Å². The van der Waals surface area contributed by atoms with Crippen molar-refractivity contribution in [1.82, 2.24) is 0 Å². The summed E-state index contributed by atoms with van der Waals surface area (Å²) in [6.45, 7) is 0. The van der Waals surface area contributed by atoms with E-state index in [1.54, 1.807) is 7.11 Å². The molecule has 2 N–H and O–H groups in total. The van der Waals surface area contributed by atoms with Gasteiger partial charge in [0.25, 0.3) is 0 Å². The maximum atomic E-state index is 11.4. The first kappa shape index (κ1) is 14.6. The fourth-order valence-corrected chi connectivity index (χ4v) is 1.75. The van der Waals surface area contributed by atoms with Gasteiger partial charge in [0.2, 0.25) is 0 Å². The van der Waals surface area contributed by atoms with Crippen molar-refractivity contribution in [2.45, 2.75) is 19.3 Å². The summed E-state index contributed by atoms with van der Waals surface area (Å²) in [4.78, 5) is 11.4. The zero-order chi connectivity index (χ0) is 13.8. The van der Waals surface area contributed by atoms with Crippen molar-refractivity contribution in [1.29, 1.82) is 0 Å². The van der Waals surface area contributed by atoms with Crippen molar-refractivity contribution in [3.05, 3.63) is 29.3 Å². The molecule has 1 aromatic carbocycles. The molecule has 0 saturated carbocycles. The summed E-state index contributed by atoms with van der Waals surface area (Å²) in [5, 5.41) is 0. The number of rotatable bonds is 1. The third-order valence-corrected chi connectivity index (χ3v) is 2.46. The van der Waals surface area contributed by atoms with E-state index in [0.29, 0.717) is 6.42 Å². The first-order valence-electron chi connectivity index (χ1n) is 5.21. The number of Topliss-reactive ketones (excluding diaryl/α,β-unsaturated/α-hetero) is 1. The fourth-order valence-electron chi connectivity index (χ4n) is 1.75. The molecule has 18 heavy (non-hydrogen) atoms. The maximum Gasteiger partial charge on any atom is 0.394 e. The molecular formula is C11H14O6S. The quantitative estimate of drug-likeness (QED) is 0.754. The molecule has 0 heterocycles. The zero-order valence-electron chi connectivity index (χ0n) is 9.79. The maximum absolute atomic E-state index is 11.4. The number of carbonyl (C=O) groups is 1. The van der Waals surface area contributed by atoms with Crippen LogP contribution in [0.1, 0.15) is 28.8 Å². The molecule has 0 amide bonds. The Morgan fingerprint density at radius 1 is 1.22 bits per heavy atom. The number of ether oxygens (including phenoxy) is 1. The molecule has 1 aliphatic carbocycles. The smallest absolute Gasteiger partial charge is 0.394 e. The van der Waals surface area contributed by atoms with Crippen LogP contribution < -0.4 is 4.74 Å². The number of hydrogen-bond acceptors (Lipinski definition) is 4. The van der Waals surface area contributed by atoms with Crippen LogP contribution in [0.5, 0.6) is 5.75 Å². The van der Waals surface area contributed by atoms with Gasteiger partial charge in [0.05, 0.1) is 7.11 Å². The zero-order valence-corrected chi connectivity index (χ0v) is 10.6. The van der Waals surface area contributed by atoms with Gasteiger partial charge in [0, 0.05) is 12.0 Å². The van der Waals surface area contributed by atoms with Crippen molar-refractivity contribution in [3.8, 4) is 5.75 Å². The lowest BCUT2D eigenvalue weighted by atomic mass is 9.91. The molecule has 0 aliphatic heterocycles. The lowest BCUT2D eigenvalue weighted by Gasteiger charge is -2.14. The van der Waals surface area contributed by atoms with Crippen LogP contribution in [0.25, 0.3) is 0 Å². The van der Waals surface area contributed by atoms with Crippen molar-refractivity contribution >= 4 is 16.2 Å². The van der Waals surface area contributed by atoms with Crippen LogP contribution in [0.2, 0.25) is 0 Å². The first-order valence-corrected chi connectivity index (χ1v) is 6.61. The average molecular weight is 274 g/mol. The monoisotopic (exact) mass is 274 g/mol. The van der Waals surface area contributed by atoms with Crippen LogP contribution in [0.4, 0.5) is 0 Å². The molecule has 0 atom stereocenters. The van der Waals surface area contributed by atoms with E-state index in [0.717, 1.165) is 29.7 Å². The highest BCUT2D eigenvalue weighted by Crippen LogP contribution is 2.24. The highest BCUT2D eigenvalue weighted by Gasteiger charge is 2.16. The Balaban J connectivity index is 0.000000280. The van der Waals surface area contributed by atoms with Gasteiger partial charge in [-0.05, 0) is 36.6 Å². The number of benzene rings is 1. The second-order valence-electron chi connectivity index (χ2n) is 3.75. The van der Waals surface area contributed by atoms with Crippen LogP contribution in [-0.4, -0.2) is 30.4 Å². The second-order valence-corrected chi connectivity index (χ2v) is 4.64. The summed E-state index contributed by atoms with van der Waals surface area (Å²) in [5.74, 6) is 1.11. The standard InChI is InChI=1S/C11H12O2.H2O4S/c1-13-9-5-6-10-8(7-9)3-2-4-11(10)12;1-5(2,3)4/h5-7H,2-4H2,1H3;(H2,1,2,3,4). The van der Waals surface area contributed by atoms with Gasteiger partial charge < -0.3 is 4.74 Å². The van der Waals surface area contributed by atoms with Gasteiger partial charge in [-0.3, -0.25) is 13.9 Å². The first-order chi connectivity index (χ1) is 8.31. The highest BCUT2D eigenvalue weighted by atomic mass is 32.3. The minimum atomic E-state index is -4.67. The SMILES string of the molecule is COc1ccc2c(c1)CCCC2=O.O=S(=O)(O)O. The number of fused-ring (bicyclic) bond motifs is 1. The van der Waals surface area contributed by atoms with Crippen LogP contribution >= 0.6 is 0 Å². The van der Waals surface area contributed by atoms with Crippen LogP contribution in [0, 0.1) is 0 Å². The van der Waals surface area contributed by atoms with E-state index in [1.807, 2.05) is 18.2 Å². The van der Waals surface area contributed by atoms with Gasteiger partial charge in [-0.25, -0.2) is 0 Å². The molecule has 100 valence electrons. The summed E-state index contributed by atoms with van der Waals surface area (Å²) >= 11 is 0. The van der Waals surface area contributed by atoms with E-state index < -0.39 is 10.4 Å². The van der Waals surface area contributed by atoms with Gasteiger partial charge in [-0.15, -0.1) is 0 Å². The summed E-state index contributed by atoms with van der Waals surface area (Å²) in [6, 6.07) is 5.68. The number of aryl methyl sites for hydroxylation is 1. The molecule has 0 bridgehead atoms. The van der Waals surface area contributed by atoms with Gasteiger partial charge in [0.1, 0.15) is 5.75 Å². The third kappa shape index (κ3) is 4.82. The third-order valence-electron chi connectivity index (χ3n) is 2.46. The van der Waals surface area contributed by atoms with E-state index >= 15 is 0 Å². The van der Waals surface area contributed by atoms with E-state index in [2.05, 4.69) is 0 Å². The number of ketones is 1. The number of carbonyl (C=O) groups excluding carboxylic acids is 1. The molecular weight excluding hydrogens is 260 g/mol. The fraction of sp³-hybridized carbons (Fsp3) is 0.364. The predicted molar refractivity (Wildman–Crippen MR) is 64.4 cm³/mol. The van der Waals surface area contributed by atoms with Crippen molar-refractivity contribution in [2.24, 2.45) is 0 Å². The topological polar surface area (TPSA) is 101 Å². The Labute approximate surface area is 105 Å². The van der Waals surface area contributed by atoms with Gasteiger partial charge >= 0.3 is 10.4 Å². The lowest BCUT2D eigenvalue weighted by Crippen LogP contribution is -2.10. The summed E-state index contributed by atoms with van der Waals surface area (Å²) in [6.07, 6.45) is 2.66. The largest absolute Gasteiger partial charge is 0.497 e. The van der Waals surface area contributed by atoms with Gasteiger partial charge in [-0.2, -0.15) is 8.42 Å². The number of hydrogen-bond donors (Lipinski definition) is 2. The second kappa shape index (κ2) is 5.94. The molecule has 0 spiro atoms. The van der Waals surface area contributed by atoms with E-state index in [1.165, 1.54) is 0 Å². The van der Waals surface area contributed by atoms with Crippen molar-refractivity contribution in [2.75, 3.05) is 7.11 Å². The Morgan fingerprint density at radius 2 is 1.83 bits per heavy atom. The Morgan fingerprint density at radius 3 is 2.39 bits per heavy atom. The molecule has 0 saturated heterocycles. The Kier molecular flexibility index (Phi) is 4.83. The van der Waals surface area contributed by atoms with Gasteiger partial charge in [-0.1, -0.05) is 0 Å². The molecule has 2 rings (SSSR count). The summed E-state index contributed by atoms with van der Waals surface area (Å²) in [5.41, 5.74) is 2.02. The van der Waals surface area contributed by atoms with Gasteiger partial charge in [0.15, 0.2) is 5.78 Å². The minimum absolute atomic E-state index is 0.268. The highest BCUT2D eigenvalue weighted by molar-refractivity contribution is 7.79. The van der Waals surface area contributed by atoms with Crippen molar-refractivity contribution in [3.63, 3.8) is 0 Å². The molecule has 0 radical (unpaired) electrons. The summed E-state index contributed by atoms with van der Waals surface area (Å²) in [7, 11) is -3.02. The van der Waals surface area contributed by atoms with E-state index in [4.69, 9.17) is 22.3 Å². The summed E-state index contributed by atoms with van der Waals surface area (Å²) < 4.78 is 36.7.